The Morgan fingerprint density at radius 3 is 2.63 bits per heavy atom. The number of hydrogen-bond acceptors (Lipinski definition) is 3. The van der Waals surface area contributed by atoms with Crippen LogP contribution in [0.5, 0.6) is 5.75 Å². The van der Waals surface area contributed by atoms with E-state index in [4.69, 9.17) is 9.47 Å². The van der Waals surface area contributed by atoms with Crippen molar-refractivity contribution in [2.45, 2.75) is 44.8 Å². The molecule has 0 heterocycles. The normalized spacial score (nSPS) is 17.2. The monoisotopic (exact) mass is 390 g/mol. The minimum atomic E-state index is -0.599. The minimum Gasteiger partial charge on any atom is -0.478 e. The molecular weight excluding hydrogens is 376 g/mol. The highest BCUT2D eigenvalue weighted by atomic mass is 79.9. The Hall–Kier alpha value is -0.550. The Balaban J connectivity index is 1.92. The van der Waals surface area contributed by atoms with Gasteiger partial charge >= 0.3 is 5.97 Å². The summed E-state index contributed by atoms with van der Waals surface area (Å²) in [4.78, 5) is 11.9. The standard InChI is InChI=1S/C14H16Br2O3/c1-9(14(17)19-11-4-2-3-5-11)18-13-7-6-10(15)8-12(13)16/h6-9,11H,2-5H2,1H3/t9-/m0/s1. The van der Waals surface area contributed by atoms with Crippen LogP contribution in [0, 0.1) is 0 Å². The van der Waals surface area contributed by atoms with E-state index in [-0.39, 0.29) is 12.1 Å². The zero-order chi connectivity index (χ0) is 13.8. The first-order valence-electron chi connectivity index (χ1n) is 6.38. The molecular formula is C14H16Br2O3. The van der Waals surface area contributed by atoms with Gasteiger partial charge in [0, 0.05) is 4.47 Å². The van der Waals surface area contributed by atoms with Gasteiger partial charge in [-0.15, -0.1) is 0 Å². The van der Waals surface area contributed by atoms with E-state index < -0.39 is 6.10 Å². The lowest BCUT2D eigenvalue weighted by Gasteiger charge is -2.18. The molecule has 0 radical (unpaired) electrons. The molecule has 1 aromatic rings. The number of carbonyl (C=O) groups excluding carboxylic acids is 1. The van der Waals surface area contributed by atoms with Gasteiger partial charge in [0.1, 0.15) is 11.9 Å². The molecule has 0 spiro atoms. The van der Waals surface area contributed by atoms with Gasteiger partial charge in [0.25, 0.3) is 0 Å². The highest BCUT2D eigenvalue weighted by Gasteiger charge is 2.24. The number of rotatable bonds is 4. The molecule has 0 saturated heterocycles. The minimum absolute atomic E-state index is 0.0758. The summed E-state index contributed by atoms with van der Waals surface area (Å²) < 4.78 is 12.8. The Morgan fingerprint density at radius 2 is 2.00 bits per heavy atom. The SMILES string of the molecule is C[C@H](Oc1ccc(Br)cc1Br)C(=O)OC1CCCC1. The van der Waals surface area contributed by atoms with Crippen molar-refractivity contribution in [1.82, 2.24) is 0 Å². The van der Waals surface area contributed by atoms with Crippen LogP contribution in [0.2, 0.25) is 0 Å². The number of benzene rings is 1. The first kappa shape index (κ1) is 14.9. The van der Waals surface area contributed by atoms with Gasteiger partial charge in [-0.05, 0) is 66.7 Å². The van der Waals surface area contributed by atoms with E-state index in [2.05, 4.69) is 31.9 Å². The van der Waals surface area contributed by atoms with E-state index >= 15 is 0 Å². The van der Waals surface area contributed by atoms with Crippen LogP contribution >= 0.6 is 31.9 Å². The van der Waals surface area contributed by atoms with Crippen LogP contribution in [0.15, 0.2) is 27.1 Å². The molecule has 0 bridgehead atoms. The number of ether oxygens (including phenoxy) is 2. The molecule has 2 rings (SSSR count). The first-order valence-corrected chi connectivity index (χ1v) is 7.97. The van der Waals surface area contributed by atoms with Crippen molar-refractivity contribution in [3.63, 3.8) is 0 Å². The Labute approximate surface area is 129 Å². The highest BCUT2D eigenvalue weighted by Crippen LogP contribution is 2.29. The topological polar surface area (TPSA) is 35.5 Å². The maximum atomic E-state index is 11.9. The molecule has 1 aliphatic rings. The molecule has 0 amide bonds. The van der Waals surface area contributed by atoms with Crippen molar-refractivity contribution in [1.29, 1.82) is 0 Å². The molecule has 0 N–H and O–H groups in total. The van der Waals surface area contributed by atoms with Crippen LogP contribution in [0.1, 0.15) is 32.6 Å². The molecule has 1 atom stereocenters. The zero-order valence-corrected chi connectivity index (χ0v) is 13.9. The van der Waals surface area contributed by atoms with Crippen molar-refractivity contribution < 1.29 is 14.3 Å². The third-order valence-corrected chi connectivity index (χ3v) is 4.23. The maximum Gasteiger partial charge on any atom is 0.347 e. The molecule has 1 aromatic carbocycles. The average Bonchev–Trinajstić information content (AvgIpc) is 2.85. The van der Waals surface area contributed by atoms with Crippen molar-refractivity contribution in [3.8, 4) is 5.75 Å². The van der Waals surface area contributed by atoms with Crippen LogP contribution in [-0.2, 0) is 9.53 Å². The van der Waals surface area contributed by atoms with Gasteiger partial charge in [0.15, 0.2) is 6.10 Å². The van der Waals surface area contributed by atoms with E-state index in [0.29, 0.717) is 5.75 Å². The molecule has 104 valence electrons. The molecule has 1 aliphatic carbocycles. The largest absolute Gasteiger partial charge is 0.478 e. The van der Waals surface area contributed by atoms with Gasteiger partial charge in [-0.3, -0.25) is 0 Å². The lowest BCUT2D eigenvalue weighted by atomic mass is 10.3. The predicted octanol–water partition coefficient (Wildman–Crippen LogP) is 4.46. The fraction of sp³-hybridized carbons (Fsp3) is 0.500. The number of hydrogen-bond donors (Lipinski definition) is 0. The average molecular weight is 392 g/mol. The maximum absolute atomic E-state index is 11.9. The van der Waals surface area contributed by atoms with Crippen molar-refractivity contribution in [2.24, 2.45) is 0 Å². The van der Waals surface area contributed by atoms with Gasteiger partial charge in [-0.25, -0.2) is 4.79 Å². The molecule has 19 heavy (non-hydrogen) atoms. The van der Waals surface area contributed by atoms with Crippen molar-refractivity contribution in [3.05, 3.63) is 27.1 Å². The van der Waals surface area contributed by atoms with Crippen molar-refractivity contribution in [2.75, 3.05) is 0 Å². The third-order valence-electron chi connectivity index (χ3n) is 3.11. The predicted molar refractivity (Wildman–Crippen MR) is 80.3 cm³/mol. The van der Waals surface area contributed by atoms with E-state index in [1.807, 2.05) is 18.2 Å². The van der Waals surface area contributed by atoms with Gasteiger partial charge < -0.3 is 9.47 Å². The van der Waals surface area contributed by atoms with Crippen LogP contribution in [-0.4, -0.2) is 18.2 Å². The second-order valence-corrected chi connectivity index (χ2v) is 6.45. The van der Waals surface area contributed by atoms with E-state index in [0.717, 1.165) is 34.6 Å². The summed E-state index contributed by atoms with van der Waals surface area (Å²) in [7, 11) is 0. The smallest absolute Gasteiger partial charge is 0.347 e. The van der Waals surface area contributed by atoms with Crippen LogP contribution in [0.4, 0.5) is 0 Å². The summed E-state index contributed by atoms with van der Waals surface area (Å²) in [6.07, 6.45) is 3.71. The van der Waals surface area contributed by atoms with Gasteiger partial charge in [-0.2, -0.15) is 0 Å². The zero-order valence-electron chi connectivity index (χ0n) is 10.7. The Bertz CT molecular complexity index is 456. The van der Waals surface area contributed by atoms with Gasteiger partial charge in [0.05, 0.1) is 4.47 Å². The fourth-order valence-electron chi connectivity index (χ4n) is 2.08. The van der Waals surface area contributed by atoms with Crippen LogP contribution < -0.4 is 4.74 Å². The Kier molecular flexibility index (Phi) is 5.28. The van der Waals surface area contributed by atoms with Gasteiger partial charge in [-0.1, -0.05) is 15.9 Å². The lowest BCUT2D eigenvalue weighted by Crippen LogP contribution is -2.29. The Morgan fingerprint density at radius 1 is 1.32 bits per heavy atom. The highest BCUT2D eigenvalue weighted by molar-refractivity contribution is 9.11. The molecule has 0 aliphatic heterocycles. The second kappa shape index (κ2) is 6.75. The van der Waals surface area contributed by atoms with Crippen LogP contribution in [0.25, 0.3) is 0 Å². The summed E-state index contributed by atoms with van der Waals surface area (Å²) in [6, 6.07) is 5.56. The quantitative estimate of drug-likeness (QED) is 0.710. The molecule has 1 fully saturated rings. The molecule has 0 aromatic heterocycles. The summed E-state index contributed by atoms with van der Waals surface area (Å²) in [6.45, 7) is 1.71. The lowest BCUT2D eigenvalue weighted by molar-refractivity contribution is -0.156. The van der Waals surface area contributed by atoms with Crippen molar-refractivity contribution >= 4 is 37.8 Å². The molecule has 0 unspecified atom stereocenters. The molecule has 1 saturated carbocycles. The van der Waals surface area contributed by atoms with Gasteiger partial charge in [0.2, 0.25) is 0 Å². The summed E-state index contributed by atoms with van der Waals surface area (Å²) in [5, 5.41) is 0. The summed E-state index contributed by atoms with van der Waals surface area (Å²) in [5.41, 5.74) is 0. The fourth-order valence-corrected chi connectivity index (χ4v) is 3.22. The number of carbonyl (C=O) groups is 1. The summed E-state index contributed by atoms with van der Waals surface area (Å²) in [5.74, 6) is 0.348. The third kappa shape index (κ3) is 4.21. The summed E-state index contributed by atoms with van der Waals surface area (Å²) >= 11 is 6.78. The van der Waals surface area contributed by atoms with E-state index in [1.165, 1.54) is 0 Å². The van der Waals surface area contributed by atoms with Crippen LogP contribution in [0.3, 0.4) is 0 Å². The number of halogens is 2. The van der Waals surface area contributed by atoms with E-state index in [1.54, 1.807) is 6.92 Å². The van der Waals surface area contributed by atoms with E-state index in [9.17, 15) is 4.79 Å². The number of esters is 1. The molecule has 3 nitrogen and oxygen atoms in total. The molecule has 5 heteroatoms. The first-order chi connectivity index (χ1) is 9.06. The second-order valence-electron chi connectivity index (χ2n) is 4.68.